The molecule has 1 atom stereocenters. The van der Waals surface area contributed by atoms with Crippen LogP contribution in [0.25, 0.3) is 0 Å². The SMILES string of the molecule is O=C1NC(=O)C2(CCCNC2)N1c1cccc2c1CCC2. The maximum absolute atomic E-state index is 12.4. The topological polar surface area (TPSA) is 61.4 Å². The van der Waals surface area contributed by atoms with E-state index in [0.717, 1.165) is 44.3 Å². The summed E-state index contributed by atoms with van der Waals surface area (Å²) in [5.74, 6) is -0.157. The number of imide groups is 1. The van der Waals surface area contributed by atoms with Gasteiger partial charge >= 0.3 is 6.03 Å². The minimum atomic E-state index is -0.743. The molecule has 2 heterocycles. The number of fused-ring (bicyclic) bond motifs is 1. The lowest BCUT2D eigenvalue weighted by Crippen LogP contribution is -2.59. The summed E-state index contributed by atoms with van der Waals surface area (Å²) in [4.78, 5) is 26.6. The van der Waals surface area contributed by atoms with Crippen molar-refractivity contribution in [1.82, 2.24) is 10.6 Å². The smallest absolute Gasteiger partial charge is 0.314 e. The first-order chi connectivity index (χ1) is 10.2. The van der Waals surface area contributed by atoms with E-state index in [1.54, 1.807) is 4.90 Å². The van der Waals surface area contributed by atoms with Crippen LogP contribution in [0.1, 0.15) is 30.4 Å². The Morgan fingerprint density at radius 1 is 1.14 bits per heavy atom. The molecular weight excluding hydrogens is 266 g/mol. The number of amides is 3. The molecule has 0 aromatic heterocycles. The van der Waals surface area contributed by atoms with Crippen LogP contribution in [0.3, 0.4) is 0 Å². The average Bonchev–Trinajstić information content (AvgIpc) is 3.05. The number of hydrogen-bond donors (Lipinski definition) is 2. The van der Waals surface area contributed by atoms with Crippen molar-refractivity contribution in [3.05, 3.63) is 29.3 Å². The van der Waals surface area contributed by atoms with E-state index in [2.05, 4.69) is 16.7 Å². The number of hydrogen-bond acceptors (Lipinski definition) is 3. The molecule has 0 bridgehead atoms. The third-order valence-corrected chi connectivity index (χ3v) is 5.00. The summed E-state index contributed by atoms with van der Waals surface area (Å²) >= 11 is 0. The Hall–Kier alpha value is -1.88. The highest BCUT2D eigenvalue weighted by molar-refractivity contribution is 6.17. The molecule has 1 aliphatic carbocycles. The Labute approximate surface area is 123 Å². The molecule has 4 rings (SSSR count). The number of benzene rings is 1. The number of carbonyl (C=O) groups is 2. The van der Waals surface area contributed by atoms with Crippen molar-refractivity contribution in [2.24, 2.45) is 0 Å². The first-order valence-electron chi connectivity index (χ1n) is 7.69. The van der Waals surface area contributed by atoms with Crippen LogP contribution in [0.4, 0.5) is 10.5 Å². The highest BCUT2D eigenvalue weighted by Crippen LogP contribution is 2.39. The molecular formula is C16H19N3O2. The number of nitrogens with one attached hydrogen (secondary N) is 2. The normalized spacial score (nSPS) is 28.1. The van der Waals surface area contributed by atoms with Gasteiger partial charge in [0.2, 0.25) is 0 Å². The monoisotopic (exact) mass is 285 g/mol. The molecule has 0 saturated carbocycles. The van der Waals surface area contributed by atoms with Crippen LogP contribution in [-0.4, -0.2) is 30.6 Å². The van der Waals surface area contributed by atoms with Gasteiger partial charge in [0.05, 0.1) is 5.69 Å². The fraction of sp³-hybridized carbons (Fsp3) is 0.500. The molecule has 2 fully saturated rings. The Morgan fingerprint density at radius 2 is 2.05 bits per heavy atom. The van der Waals surface area contributed by atoms with Crippen molar-refractivity contribution in [2.75, 3.05) is 18.0 Å². The van der Waals surface area contributed by atoms with Crippen LogP contribution in [0.15, 0.2) is 18.2 Å². The van der Waals surface area contributed by atoms with Gasteiger partial charge in [-0.2, -0.15) is 0 Å². The van der Waals surface area contributed by atoms with Crippen LogP contribution >= 0.6 is 0 Å². The average molecular weight is 285 g/mol. The number of rotatable bonds is 1. The summed E-state index contributed by atoms with van der Waals surface area (Å²) in [5.41, 5.74) is 2.75. The molecule has 1 aromatic rings. The van der Waals surface area contributed by atoms with E-state index in [0.29, 0.717) is 6.54 Å². The molecule has 5 heteroatoms. The molecule has 110 valence electrons. The zero-order chi connectivity index (χ0) is 14.4. The Kier molecular flexibility index (Phi) is 2.79. The largest absolute Gasteiger partial charge is 0.329 e. The van der Waals surface area contributed by atoms with Gasteiger partial charge in [0.25, 0.3) is 5.91 Å². The summed E-state index contributed by atoms with van der Waals surface area (Å²) in [7, 11) is 0. The first kappa shape index (κ1) is 12.8. The van der Waals surface area contributed by atoms with Gasteiger partial charge in [-0.1, -0.05) is 12.1 Å². The van der Waals surface area contributed by atoms with E-state index in [-0.39, 0.29) is 11.9 Å². The summed E-state index contributed by atoms with van der Waals surface area (Å²) < 4.78 is 0. The maximum atomic E-state index is 12.4. The van der Waals surface area contributed by atoms with Crippen molar-refractivity contribution < 1.29 is 9.59 Å². The number of aryl methyl sites for hydroxylation is 1. The lowest BCUT2D eigenvalue weighted by molar-refractivity contribution is -0.123. The van der Waals surface area contributed by atoms with E-state index < -0.39 is 5.54 Å². The van der Waals surface area contributed by atoms with E-state index in [1.807, 2.05) is 12.1 Å². The zero-order valence-corrected chi connectivity index (χ0v) is 11.9. The van der Waals surface area contributed by atoms with Gasteiger partial charge in [-0.05, 0) is 55.8 Å². The van der Waals surface area contributed by atoms with Gasteiger partial charge in [0.1, 0.15) is 5.54 Å². The van der Waals surface area contributed by atoms with E-state index in [9.17, 15) is 9.59 Å². The van der Waals surface area contributed by atoms with E-state index in [4.69, 9.17) is 0 Å². The number of urea groups is 1. The first-order valence-corrected chi connectivity index (χ1v) is 7.69. The van der Waals surface area contributed by atoms with Crippen LogP contribution in [0, 0.1) is 0 Å². The predicted molar refractivity (Wildman–Crippen MR) is 79.3 cm³/mol. The van der Waals surface area contributed by atoms with Gasteiger partial charge in [-0.15, -0.1) is 0 Å². The minimum Gasteiger partial charge on any atom is -0.314 e. The molecule has 1 unspecified atom stereocenters. The second-order valence-corrected chi connectivity index (χ2v) is 6.17. The highest BCUT2D eigenvalue weighted by atomic mass is 16.2. The predicted octanol–water partition coefficient (Wildman–Crippen LogP) is 1.35. The van der Waals surface area contributed by atoms with Gasteiger partial charge in [0.15, 0.2) is 0 Å². The van der Waals surface area contributed by atoms with E-state index >= 15 is 0 Å². The number of piperidine rings is 1. The quantitative estimate of drug-likeness (QED) is 0.766. The summed E-state index contributed by atoms with van der Waals surface area (Å²) in [6.45, 7) is 1.44. The molecule has 3 amide bonds. The molecule has 2 aliphatic heterocycles. The van der Waals surface area contributed by atoms with Crippen molar-refractivity contribution in [3.8, 4) is 0 Å². The number of carbonyl (C=O) groups excluding carboxylic acids is 2. The Balaban J connectivity index is 1.84. The van der Waals surface area contributed by atoms with Gasteiger partial charge in [-0.25, -0.2) is 4.79 Å². The fourth-order valence-corrected chi connectivity index (χ4v) is 3.99. The molecule has 21 heavy (non-hydrogen) atoms. The van der Waals surface area contributed by atoms with E-state index in [1.165, 1.54) is 11.1 Å². The molecule has 0 radical (unpaired) electrons. The lowest BCUT2D eigenvalue weighted by atomic mass is 9.87. The summed E-state index contributed by atoms with van der Waals surface area (Å²) in [6.07, 6.45) is 4.82. The molecule has 2 N–H and O–H groups in total. The minimum absolute atomic E-state index is 0.157. The third-order valence-electron chi connectivity index (χ3n) is 5.00. The maximum Gasteiger partial charge on any atom is 0.329 e. The van der Waals surface area contributed by atoms with Crippen molar-refractivity contribution in [1.29, 1.82) is 0 Å². The van der Waals surface area contributed by atoms with Crippen LogP contribution in [0.5, 0.6) is 0 Å². The van der Waals surface area contributed by atoms with Crippen LogP contribution in [0.2, 0.25) is 0 Å². The Morgan fingerprint density at radius 3 is 2.86 bits per heavy atom. The second-order valence-electron chi connectivity index (χ2n) is 6.17. The van der Waals surface area contributed by atoms with Crippen LogP contribution in [-0.2, 0) is 17.6 Å². The van der Waals surface area contributed by atoms with Gasteiger partial charge in [-0.3, -0.25) is 15.0 Å². The third kappa shape index (κ3) is 1.73. The van der Waals surface area contributed by atoms with Crippen molar-refractivity contribution in [2.45, 2.75) is 37.6 Å². The summed E-state index contributed by atoms with van der Waals surface area (Å²) in [6, 6.07) is 5.84. The Bertz CT molecular complexity index is 620. The van der Waals surface area contributed by atoms with Crippen LogP contribution < -0.4 is 15.5 Å². The number of nitrogens with zero attached hydrogens (tertiary/aromatic N) is 1. The molecule has 2 saturated heterocycles. The second kappa shape index (κ2) is 4.56. The van der Waals surface area contributed by atoms with Gasteiger partial charge in [0, 0.05) is 6.54 Å². The highest BCUT2D eigenvalue weighted by Gasteiger charge is 2.54. The van der Waals surface area contributed by atoms with Crippen molar-refractivity contribution in [3.63, 3.8) is 0 Å². The molecule has 1 spiro atoms. The lowest BCUT2D eigenvalue weighted by Gasteiger charge is -2.39. The standard InChI is InChI=1S/C16H19N3O2/c20-14-16(8-3-9-17-10-16)19(15(21)18-14)13-7-2-5-11-4-1-6-12(11)13/h2,5,7,17H,1,3-4,6,8-10H2,(H,18,20,21). The zero-order valence-electron chi connectivity index (χ0n) is 11.9. The fourth-order valence-electron chi connectivity index (χ4n) is 3.99. The molecule has 3 aliphatic rings. The number of anilines is 1. The van der Waals surface area contributed by atoms with Gasteiger partial charge < -0.3 is 5.32 Å². The molecule has 5 nitrogen and oxygen atoms in total. The van der Waals surface area contributed by atoms with Crippen molar-refractivity contribution >= 4 is 17.6 Å². The summed E-state index contributed by atoms with van der Waals surface area (Å²) in [5, 5.41) is 5.81. The molecule has 1 aromatic carbocycles.